The van der Waals surface area contributed by atoms with Gasteiger partial charge in [0.15, 0.2) is 0 Å². The molecule has 2 aromatic carbocycles. The molecular weight excluding hydrogens is 340 g/mol. The summed E-state index contributed by atoms with van der Waals surface area (Å²) in [6, 6.07) is 11.7. The van der Waals surface area contributed by atoms with Crippen molar-refractivity contribution < 1.29 is 14.3 Å². The van der Waals surface area contributed by atoms with Crippen LogP contribution < -0.4 is 9.47 Å². The summed E-state index contributed by atoms with van der Waals surface area (Å²) in [5, 5.41) is 1.21. The van der Waals surface area contributed by atoms with Gasteiger partial charge in [0, 0.05) is 35.2 Å². The molecule has 4 rings (SSSR count). The fraction of sp³-hybridized carbons (Fsp3) is 0.318. The third kappa shape index (κ3) is 3.14. The molecule has 1 aliphatic heterocycles. The first-order valence-electron chi connectivity index (χ1n) is 9.18. The van der Waals surface area contributed by atoms with E-state index in [9.17, 15) is 4.79 Å². The lowest BCUT2D eigenvalue weighted by atomic mass is 10.0. The number of aromatic nitrogens is 1. The van der Waals surface area contributed by atoms with Crippen LogP contribution in [-0.2, 0) is 24.2 Å². The summed E-state index contributed by atoms with van der Waals surface area (Å²) in [4.78, 5) is 18.4. The molecule has 2 heterocycles. The van der Waals surface area contributed by atoms with Crippen molar-refractivity contribution in [1.29, 1.82) is 0 Å². The van der Waals surface area contributed by atoms with Crippen LogP contribution in [0, 0.1) is 6.92 Å². The maximum Gasteiger partial charge on any atom is 0.227 e. The van der Waals surface area contributed by atoms with Crippen molar-refractivity contribution in [3.05, 3.63) is 58.8 Å². The zero-order chi connectivity index (χ0) is 19.0. The van der Waals surface area contributed by atoms with E-state index in [4.69, 9.17) is 9.47 Å². The Morgan fingerprint density at radius 1 is 1.07 bits per heavy atom. The molecule has 140 valence electrons. The summed E-state index contributed by atoms with van der Waals surface area (Å²) >= 11 is 0. The Morgan fingerprint density at radius 2 is 1.85 bits per heavy atom. The zero-order valence-corrected chi connectivity index (χ0v) is 16.0. The van der Waals surface area contributed by atoms with E-state index in [1.165, 1.54) is 16.6 Å². The Morgan fingerprint density at radius 3 is 2.56 bits per heavy atom. The number of ether oxygens (including phenoxy) is 2. The van der Waals surface area contributed by atoms with Crippen molar-refractivity contribution in [2.45, 2.75) is 26.3 Å². The monoisotopic (exact) mass is 364 g/mol. The number of H-pyrrole nitrogens is 1. The van der Waals surface area contributed by atoms with Crippen molar-refractivity contribution >= 4 is 16.8 Å². The fourth-order valence-electron chi connectivity index (χ4n) is 3.96. The Balaban J connectivity index is 1.62. The van der Waals surface area contributed by atoms with Gasteiger partial charge in [0.2, 0.25) is 5.91 Å². The van der Waals surface area contributed by atoms with Gasteiger partial charge in [0.25, 0.3) is 0 Å². The lowest BCUT2D eigenvalue weighted by molar-refractivity contribution is -0.131. The van der Waals surface area contributed by atoms with Crippen molar-refractivity contribution in [2.24, 2.45) is 0 Å². The number of aryl methyl sites for hydroxylation is 1. The van der Waals surface area contributed by atoms with E-state index in [-0.39, 0.29) is 5.91 Å². The van der Waals surface area contributed by atoms with Gasteiger partial charge in [-0.2, -0.15) is 0 Å². The van der Waals surface area contributed by atoms with Crippen molar-refractivity contribution in [1.82, 2.24) is 9.88 Å². The minimum atomic E-state index is 0.131. The molecule has 3 aromatic rings. The molecule has 5 nitrogen and oxygen atoms in total. The summed E-state index contributed by atoms with van der Waals surface area (Å²) in [5.74, 6) is 1.77. The first-order valence-corrected chi connectivity index (χ1v) is 9.18. The molecule has 0 bridgehead atoms. The van der Waals surface area contributed by atoms with Gasteiger partial charge >= 0.3 is 0 Å². The quantitative estimate of drug-likeness (QED) is 0.769. The van der Waals surface area contributed by atoms with Crippen molar-refractivity contribution in [3.8, 4) is 11.5 Å². The van der Waals surface area contributed by atoms with Crippen LogP contribution in [0.4, 0.5) is 0 Å². The third-order valence-corrected chi connectivity index (χ3v) is 5.41. The van der Waals surface area contributed by atoms with E-state index in [0.717, 1.165) is 34.6 Å². The van der Waals surface area contributed by atoms with Crippen LogP contribution in [0.3, 0.4) is 0 Å². The molecule has 0 radical (unpaired) electrons. The van der Waals surface area contributed by atoms with Crippen LogP contribution in [0.1, 0.15) is 22.4 Å². The lowest BCUT2D eigenvalue weighted by Gasteiger charge is -2.22. The molecule has 1 N–H and O–H groups in total. The maximum atomic E-state index is 13.0. The van der Waals surface area contributed by atoms with Crippen LogP contribution in [0.5, 0.6) is 11.5 Å². The molecule has 27 heavy (non-hydrogen) atoms. The number of methoxy groups -OCH3 is 2. The van der Waals surface area contributed by atoms with Gasteiger partial charge in [-0.25, -0.2) is 0 Å². The van der Waals surface area contributed by atoms with E-state index in [2.05, 4.69) is 18.0 Å². The zero-order valence-electron chi connectivity index (χ0n) is 16.0. The molecule has 0 fully saturated rings. The molecule has 0 unspecified atom stereocenters. The van der Waals surface area contributed by atoms with Crippen LogP contribution in [-0.4, -0.2) is 36.6 Å². The molecule has 0 saturated carbocycles. The van der Waals surface area contributed by atoms with Gasteiger partial charge in [0.05, 0.1) is 20.6 Å². The molecule has 0 atom stereocenters. The number of nitrogens with one attached hydrogen (secondary N) is 1. The van der Waals surface area contributed by atoms with E-state index in [1.807, 2.05) is 35.2 Å². The topological polar surface area (TPSA) is 54.6 Å². The SMILES string of the molecule is COc1ccc(CC(=O)N2CCc3c(C)[nH]c4ccc(OC)c(c34)C2)cc1. The Hall–Kier alpha value is -2.95. The number of benzene rings is 2. The number of amides is 1. The normalized spacial score (nSPS) is 13.5. The van der Waals surface area contributed by atoms with Crippen molar-refractivity contribution in [3.63, 3.8) is 0 Å². The molecule has 0 aliphatic carbocycles. The minimum Gasteiger partial charge on any atom is -0.497 e. The number of carbonyl (C=O) groups is 1. The molecule has 1 aliphatic rings. The summed E-state index contributed by atoms with van der Waals surface area (Å²) in [6.45, 7) is 3.38. The molecule has 0 spiro atoms. The number of carbonyl (C=O) groups excluding carboxylic acids is 1. The van der Waals surface area contributed by atoms with Crippen LogP contribution in [0.25, 0.3) is 10.9 Å². The second-order valence-corrected chi connectivity index (χ2v) is 6.99. The van der Waals surface area contributed by atoms with Gasteiger partial charge in [-0.1, -0.05) is 12.1 Å². The van der Waals surface area contributed by atoms with Crippen LogP contribution in [0.2, 0.25) is 0 Å². The first kappa shape index (κ1) is 17.5. The van der Waals surface area contributed by atoms with Crippen molar-refractivity contribution in [2.75, 3.05) is 20.8 Å². The lowest BCUT2D eigenvalue weighted by Crippen LogP contribution is -2.33. The maximum absolute atomic E-state index is 13.0. The fourth-order valence-corrected chi connectivity index (χ4v) is 3.96. The second-order valence-electron chi connectivity index (χ2n) is 6.99. The second kappa shape index (κ2) is 6.99. The number of rotatable bonds is 4. The highest BCUT2D eigenvalue weighted by Gasteiger charge is 2.25. The van der Waals surface area contributed by atoms with Crippen LogP contribution >= 0.6 is 0 Å². The third-order valence-electron chi connectivity index (χ3n) is 5.41. The highest BCUT2D eigenvalue weighted by Crippen LogP contribution is 2.35. The summed E-state index contributed by atoms with van der Waals surface area (Å²) in [6.07, 6.45) is 1.23. The average Bonchev–Trinajstić information content (AvgIpc) is 2.87. The standard InChI is InChI=1S/C22H24N2O3/c1-14-17-10-11-24(21(25)12-15-4-6-16(26-2)7-5-15)13-18-20(27-3)9-8-19(23-14)22(17)18/h4-9,23H,10-13H2,1-3H3. The van der Waals surface area contributed by atoms with Crippen LogP contribution in [0.15, 0.2) is 36.4 Å². The molecule has 1 aromatic heterocycles. The Bertz CT molecular complexity index is 989. The van der Waals surface area contributed by atoms with Gasteiger partial charge in [-0.15, -0.1) is 0 Å². The highest BCUT2D eigenvalue weighted by atomic mass is 16.5. The summed E-state index contributed by atoms with van der Waals surface area (Å²) < 4.78 is 10.8. The minimum absolute atomic E-state index is 0.131. The molecule has 0 saturated heterocycles. The van der Waals surface area contributed by atoms with Gasteiger partial charge < -0.3 is 19.4 Å². The van der Waals surface area contributed by atoms with E-state index < -0.39 is 0 Å². The number of aromatic amines is 1. The number of hydrogen-bond acceptors (Lipinski definition) is 3. The number of hydrogen-bond donors (Lipinski definition) is 1. The smallest absolute Gasteiger partial charge is 0.227 e. The van der Waals surface area contributed by atoms with E-state index >= 15 is 0 Å². The van der Waals surface area contributed by atoms with E-state index in [0.29, 0.717) is 19.5 Å². The highest BCUT2D eigenvalue weighted by molar-refractivity contribution is 5.91. The van der Waals surface area contributed by atoms with E-state index in [1.54, 1.807) is 14.2 Å². The predicted molar refractivity (Wildman–Crippen MR) is 105 cm³/mol. The summed E-state index contributed by atoms with van der Waals surface area (Å²) in [5.41, 5.74) is 5.66. The molecular formula is C22H24N2O3. The Kier molecular flexibility index (Phi) is 4.52. The average molecular weight is 364 g/mol. The largest absolute Gasteiger partial charge is 0.497 e. The molecule has 5 heteroatoms. The first-order chi connectivity index (χ1) is 13.1. The number of nitrogens with zero attached hydrogens (tertiary/aromatic N) is 1. The summed E-state index contributed by atoms with van der Waals surface area (Å²) in [7, 11) is 3.33. The van der Waals surface area contributed by atoms with Gasteiger partial charge in [0.1, 0.15) is 11.5 Å². The molecule has 1 amide bonds. The Labute approximate surface area is 158 Å². The predicted octanol–water partition coefficient (Wildman–Crippen LogP) is 3.62. The van der Waals surface area contributed by atoms with Gasteiger partial charge in [-0.05, 0) is 48.7 Å². The van der Waals surface area contributed by atoms with Gasteiger partial charge in [-0.3, -0.25) is 4.79 Å².